The van der Waals surface area contributed by atoms with Crippen LogP contribution in [0.1, 0.15) is 31.7 Å². The maximum absolute atomic E-state index is 12.1. The molecule has 0 aliphatic heterocycles. The normalized spacial score (nSPS) is 23.1. The van der Waals surface area contributed by atoms with Crippen LogP contribution >= 0.6 is 0 Å². The van der Waals surface area contributed by atoms with Crippen molar-refractivity contribution in [3.8, 4) is 0 Å². The van der Waals surface area contributed by atoms with Crippen LogP contribution in [0.4, 0.5) is 0 Å². The number of hydrogen-bond acceptors (Lipinski definition) is 3. The van der Waals surface area contributed by atoms with Crippen molar-refractivity contribution < 1.29 is 18.3 Å². The fraction of sp³-hybridized carbons (Fsp3) is 0.462. The van der Waals surface area contributed by atoms with Crippen molar-refractivity contribution in [3.63, 3.8) is 0 Å². The van der Waals surface area contributed by atoms with Crippen LogP contribution in [0.3, 0.4) is 0 Å². The van der Waals surface area contributed by atoms with Crippen molar-refractivity contribution in [2.75, 3.05) is 0 Å². The quantitative estimate of drug-likeness (QED) is 0.907. The molecular weight excluding hydrogens is 252 g/mol. The summed E-state index contributed by atoms with van der Waals surface area (Å²) < 4.78 is 24.3. The van der Waals surface area contributed by atoms with Gasteiger partial charge in [-0.3, -0.25) is 4.79 Å². The minimum absolute atomic E-state index is 0.223. The lowest BCUT2D eigenvalue weighted by Crippen LogP contribution is -2.13. The Morgan fingerprint density at radius 1 is 1.28 bits per heavy atom. The van der Waals surface area contributed by atoms with E-state index in [9.17, 15) is 13.2 Å². The van der Waals surface area contributed by atoms with Crippen LogP contribution in [0, 0.1) is 5.92 Å². The molecule has 0 bridgehead atoms. The molecule has 2 unspecified atom stereocenters. The molecule has 4 nitrogen and oxygen atoms in total. The van der Waals surface area contributed by atoms with Gasteiger partial charge in [0.2, 0.25) is 0 Å². The summed E-state index contributed by atoms with van der Waals surface area (Å²) >= 11 is 0. The molecule has 5 heteroatoms. The lowest BCUT2D eigenvalue weighted by molar-refractivity contribution is -0.138. The summed E-state index contributed by atoms with van der Waals surface area (Å²) in [4.78, 5) is 11.0. The number of sulfone groups is 1. The van der Waals surface area contributed by atoms with Gasteiger partial charge in [-0.2, -0.15) is 0 Å². The minimum atomic E-state index is -3.48. The van der Waals surface area contributed by atoms with Gasteiger partial charge < -0.3 is 5.11 Å². The minimum Gasteiger partial charge on any atom is -0.481 e. The predicted molar refractivity (Wildman–Crippen MR) is 67.2 cm³/mol. The highest BCUT2D eigenvalue weighted by atomic mass is 32.2. The van der Waals surface area contributed by atoms with Crippen LogP contribution in [-0.4, -0.2) is 24.7 Å². The van der Waals surface area contributed by atoms with Gasteiger partial charge in [-0.25, -0.2) is 8.42 Å². The van der Waals surface area contributed by atoms with Crippen LogP contribution in [0.5, 0.6) is 0 Å². The molecule has 1 aliphatic carbocycles. The average molecular weight is 268 g/mol. The molecule has 2 rings (SSSR count). The molecule has 98 valence electrons. The molecule has 1 saturated carbocycles. The van der Waals surface area contributed by atoms with Crippen LogP contribution in [0.15, 0.2) is 29.2 Å². The molecule has 0 saturated heterocycles. The van der Waals surface area contributed by atoms with E-state index in [0.717, 1.165) is 5.56 Å². The topological polar surface area (TPSA) is 71.4 Å². The Bertz CT molecular complexity index is 557. The number of carboxylic acid groups (broad SMARTS) is 1. The third-order valence-electron chi connectivity index (χ3n) is 3.32. The van der Waals surface area contributed by atoms with E-state index in [2.05, 4.69) is 0 Å². The van der Waals surface area contributed by atoms with Gasteiger partial charge in [0, 0.05) is 0 Å². The molecule has 1 aromatic rings. The van der Waals surface area contributed by atoms with Crippen molar-refractivity contribution in [2.24, 2.45) is 5.92 Å². The Balaban J connectivity index is 2.24. The highest BCUT2D eigenvalue weighted by Gasteiger charge is 2.52. The Hall–Kier alpha value is -1.36. The fourth-order valence-electron chi connectivity index (χ4n) is 1.99. The number of carboxylic acids is 1. The molecule has 1 aromatic carbocycles. The molecule has 0 amide bonds. The monoisotopic (exact) mass is 268 g/mol. The fourth-order valence-corrected chi connectivity index (χ4v) is 3.87. The first-order chi connectivity index (χ1) is 8.34. The highest BCUT2D eigenvalue weighted by Crippen LogP contribution is 2.40. The average Bonchev–Trinajstić information content (AvgIpc) is 3.09. The SMILES string of the molecule is CC(C)c1ccc(S(=O)(=O)C2CC2C(=O)O)cc1. The smallest absolute Gasteiger partial charge is 0.307 e. The molecule has 0 radical (unpaired) electrons. The van der Waals surface area contributed by atoms with Crippen molar-refractivity contribution >= 4 is 15.8 Å². The van der Waals surface area contributed by atoms with Gasteiger partial charge in [0.25, 0.3) is 0 Å². The molecular formula is C13H16O4S. The van der Waals surface area contributed by atoms with E-state index in [1.165, 1.54) is 0 Å². The van der Waals surface area contributed by atoms with E-state index in [1.807, 2.05) is 13.8 Å². The highest BCUT2D eigenvalue weighted by molar-refractivity contribution is 7.92. The second kappa shape index (κ2) is 4.39. The molecule has 0 aromatic heterocycles. The van der Waals surface area contributed by atoms with Gasteiger partial charge >= 0.3 is 5.97 Å². The Morgan fingerprint density at radius 3 is 2.22 bits per heavy atom. The zero-order valence-corrected chi connectivity index (χ0v) is 11.1. The molecule has 0 spiro atoms. The summed E-state index contributed by atoms with van der Waals surface area (Å²) in [5.74, 6) is -1.42. The number of aliphatic carboxylic acids is 1. The Morgan fingerprint density at radius 2 is 1.83 bits per heavy atom. The molecule has 1 N–H and O–H groups in total. The van der Waals surface area contributed by atoms with Gasteiger partial charge in [-0.05, 0) is 30.0 Å². The van der Waals surface area contributed by atoms with E-state index >= 15 is 0 Å². The lowest BCUT2D eigenvalue weighted by Gasteiger charge is -2.07. The van der Waals surface area contributed by atoms with Crippen molar-refractivity contribution in [1.82, 2.24) is 0 Å². The maximum atomic E-state index is 12.1. The molecule has 2 atom stereocenters. The second-order valence-electron chi connectivity index (χ2n) is 4.99. The number of carbonyl (C=O) groups is 1. The van der Waals surface area contributed by atoms with E-state index < -0.39 is 27.0 Å². The third-order valence-corrected chi connectivity index (χ3v) is 5.57. The number of hydrogen-bond donors (Lipinski definition) is 1. The summed E-state index contributed by atoms with van der Waals surface area (Å²) in [5, 5.41) is 8.04. The number of benzene rings is 1. The molecule has 1 fully saturated rings. The molecule has 1 aliphatic rings. The summed E-state index contributed by atoms with van der Waals surface area (Å²) in [7, 11) is -3.48. The van der Waals surface area contributed by atoms with Crippen molar-refractivity contribution in [2.45, 2.75) is 36.3 Å². The molecule has 18 heavy (non-hydrogen) atoms. The van der Waals surface area contributed by atoms with Gasteiger partial charge in [0.05, 0.1) is 16.1 Å². The van der Waals surface area contributed by atoms with Crippen molar-refractivity contribution in [3.05, 3.63) is 29.8 Å². The van der Waals surface area contributed by atoms with E-state index in [0.29, 0.717) is 5.92 Å². The lowest BCUT2D eigenvalue weighted by atomic mass is 10.0. The van der Waals surface area contributed by atoms with E-state index in [-0.39, 0.29) is 11.3 Å². The summed E-state index contributed by atoms with van der Waals surface area (Å²) in [6.45, 7) is 4.07. The zero-order valence-electron chi connectivity index (χ0n) is 10.3. The van der Waals surface area contributed by atoms with Crippen LogP contribution in [-0.2, 0) is 14.6 Å². The first kappa shape index (κ1) is 13.1. The van der Waals surface area contributed by atoms with Crippen LogP contribution < -0.4 is 0 Å². The maximum Gasteiger partial charge on any atom is 0.307 e. The number of rotatable bonds is 4. The Labute approximate surface area is 107 Å². The Kier molecular flexibility index (Phi) is 3.19. The van der Waals surface area contributed by atoms with Crippen molar-refractivity contribution in [1.29, 1.82) is 0 Å². The zero-order chi connectivity index (χ0) is 13.5. The standard InChI is InChI=1S/C13H16O4S/c1-8(2)9-3-5-10(6-4-9)18(16,17)12-7-11(12)13(14)15/h3-6,8,11-12H,7H2,1-2H3,(H,14,15). The van der Waals surface area contributed by atoms with Gasteiger partial charge in [0.15, 0.2) is 9.84 Å². The first-order valence-electron chi connectivity index (χ1n) is 5.90. The van der Waals surface area contributed by atoms with E-state index in [4.69, 9.17) is 5.11 Å². The van der Waals surface area contributed by atoms with Crippen LogP contribution in [0.25, 0.3) is 0 Å². The van der Waals surface area contributed by atoms with E-state index in [1.54, 1.807) is 24.3 Å². The predicted octanol–water partition coefficient (Wildman–Crippen LogP) is 2.06. The van der Waals surface area contributed by atoms with Gasteiger partial charge in [0.1, 0.15) is 0 Å². The summed E-state index contributed by atoms with van der Waals surface area (Å²) in [5.41, 5.74) is 1.07. The first-order valence-corrected chi connectivity index (χ1v) is 7.45. The van der Waals surface area contributed by atoms with Gasteiger partial charge in [-0.1, -0.05) is 26.0 Å². The second-order valence-corrected chi connectivity index (χ2v) is 7.15. The van der Waals surface area contributed by atoms with Gasteiger partial charge in [-0.15, -0.1) is 0 Å². The molecule has 0 heterocycles. The largest absolute Gasteiger partial charge is 0.481 e. The third kappa shape index (κ3) is 2.27. The van der Waals surface area contributed by atoms with Crippen LogP contribution in [0.2, 0.25) is 0 Å². The summed E-state index contributed by atoms with van der Waals surface area (Å²) in [6, 6.07) is 6.72. The summed E-state index contributed by atoms with van der Waals surface area (Å²) in [6.07, 6.45) is 0.226.